The van der Waals surface area contributed by atoms with Crippen LogP contribution < -0.4 is 15.4 Å². The summed E-state index contributed by atoms with van der Waals surface area (Å²) in [6.07, 6.45) is 0. The number of halogens is 1. The summed E-state index contributed by atoms with van der Waals surface area (Å²) in [6, 6.07) is 8.14. The van der Waals surface area contributed by atoms with Crippen molar-refractivity contribution in [2.45, 2.75) is 20.0 Å². The van der Waals surface area contributed by atoms with E-state index in [9.17, 15) is 0 Å². The Kier molecular flexibility index (Phi) is 6.74. The lowest BCUT2D eigenvalue weighted by atomic mass is 10.2. The number of aliphatic imine (C=N–C) groups is 1. The van der Waals surface area contributed by atoms with Crippen molar-refractivity contribution in [1.29, 1.82) is 0 Å². The minimum absolute atomic E-state index is 0.686. The predicted octanol–water partition coefficient (Wildman–Crippen LogP) is 3.77. The van der Waals surface area contributed by atoms with Crippen LogP contribution in [0.3, 0.4) is 0 Å². The molecule has 0 radical (unpaired) electrons. The molecule has 0 aliphatic heterocycles. The largest absolute Gasteiger partial charge is 0.496 e. The lowest BCUT2D eigenvalue weighted by Gasteiger charge is -2.12. The quantitative estimate of drug-likeness (QED) is 0.591. The molecule has 0 aliphatic rings. The number of hydrogen-bond donors (Lipinski definition) is 2. The average Bonchev–Trinajstić information content (AvgIpc) is 3.03. The van der Waals surface area contributed by atoms with E-state index < -0.39 is 0 Å². The van der Waals surface area contributed by atoms with Crippen molar-refractivity contribution in [2.24, 2.45) is 4.99 Å². The van der Waals surface area contributed by atoms with Crippen LogP contribution in [-0.4, -0.2) is 19.6 Å². The third-order valence-electron chi connectivity index (χ3n) is 3.02. The number of guanidine groups is 1. The molecule has 1 heterocycles. The lowest BCUT2D eigenvalue weighted by Crippen LogP contribution is -2.36. The first-order chi connectivity index (χ1) is 10.7. The maximum absolute atomic E-state index is 5.24. The molecule has 4 nitrogen and oxygen atoms in total. The van der Waals surface area contributed by atoms with E-state index in [2.05, 4.69) is 55.3 Å². The van der Waals surface area contributed by atoms with Gasteiger partial charge in [0.15, 0.2) is 5.96 Å². The fourth-order valence-corrected chi connectivity index (χ4v) is 3.15. The molecule has 2 N–H and O–H groups in total. The molecule has 0 fully saturated rings. The van der Waals surface area contributed by atoms with Crippen LogP contribution in [-0.2, 0) is 13.1 Å². The molecule has 0 spiro atoms. The molecule has 1 aromatic carbocycles. The highest BCUT2D eigenvalue weighted by Crippen LogP contribution is 2.25. The van der Waals surface area contributed by atoms with Gasteiger partial charge in [0.05, 0.1) is 18.1 Å². The number of nitrogens with one attached hydrogen (secondary N) is 2. The maximum Gasteiger partial charge on any atom is 0.191 e. The Bertz CT molecular complexity index is 614. The van der Waals surface area contributed by atoms with Crippen LogP contribution in [0.4, 0.5) is 0 Å². The molecule has 0 unspecified atom stereocenters. The number of nitrogens with zero attached hydrogens (tertiary/aromatic N) is 1. The van der Waals surface area contributed by atoms with Gasteiger partial charge in [0.25, 0.3) is 0 Å². The van der Waals surface area contributed by atoms with E-state index in [4.69, 9.17) is 4.74 Å². The zero-order valence-corrected chi connectivity index (χ0v) is 15.1. The summed E-state index contributed by atoms with van der Waals surface area (Å²) >= 11 is 5.20. The van der Waals surface area contributed by atoms with E-state index in [0.717, 1.165) is 28.3 Å². The van der Waals surface area contributed by atoms with Gasteiger partial charge in [0.1, 0.15) is 5.75 Å². The smallest absolute Gasteiger partial charge is 0.191 e. The van der Waals surface area contributed by atoms with Crippen molar-refractivity contribution in [3.8, 4) is 5.75 Å². The third-order valence-corrected chi connectivity index (χ3v) is 4.37. The van der Waals surface area contributed by atoms with Gasteiger partial charge in [-0.25, -0.2) is 4.99 Å². The average molecular weight is 382 g/mol. The number of benzene rings is 1. The van der Waals surface area contributed by atoms with Crippen LogP contribution in [0.1, 0.15) is 18.1 Å². The van der Waals surface area contributed by atoms with Crippen molar-refractivity contribution in [3.05, 3.63) is 50.6 Å². The predicted molar refractivity (Wildman–Crippen MR) is 96.7 cm³/mol. The van der Waals surface area contributed by atoms with E-state index in [-0.39, 0.29) is 0 Å². The van der Waals surface area contributed by atoms with Crippen LogP contribution in [0.5, 0.6) is 5.75 Å². The Balaban J connectivity index is 1.96. The second-order valence-electron chi connectivity index (χ2n) is 4.65. The summed E-state index contributed by atoms with van der Waals surface area (Å²) in [4.78, 5) is 4.59. The Morgan fingerprint density at radius 1 is 1.27 bits per heavy atom. The normalized spacial score (nSPS) is 11.3. The minimum atomic E-state index is 0.686. The summed E-state index contributed by atoms with van der Waals surface area (Å²) in [6.45, 7) is 4.29. The molecule has 0 atom stereocenters. The van der Waals surface area contributed by atoms with Crippen molar-refractivity contribution in [3.63, 3.8) is 0 Å². The third kappa shape index (κ3) is 5.03. The molecule has 0 saturated heterocycles. The van der Waals surface area contributed by atoms with E-state index >= 15 is 0 Å². The van der Waals surface area contributed by atoms with Crippen molar-refractivity contribution >= 4 is 33.2 Å². The molecular weight excluding hydrogens is 362 g/mol. The van der Waals surface area contributed by atoms with E-state index in [1.807, 2.05) is 18.2 Å². The molecule has 22 heavy (non-hydrogen) atoms. The van der Waals surface area contributed by atoms with Gasteiger partial charge in [0.2, 0.25) is 0 Å². The highest BCUT2D eigenvalue weighted by atomic mass is 79.9. The molecule has 118 valence electrons. The first-order valence-electron chi connectivity index (χ1n) is 7.08. The first kappa shape index (κ1) is 16.8. The zero-order chi connectivity index (χ0) is 15.8. The number of rotatable bonds is 6. The summed E-state index contributed by atoms with van der Waals surface area (Å²) in [5.74, 6) is 1.66. The second kappa shape index (κ2) is 8.80. The topological polar surface area (TPSA) is 45.7 Å². The van der Waals surface area contributed by atoms with Gasteiger partial charge in [-0.05, 0) is 62.9 Å². The highest BCUT2D eigenvalue weighted by Gasteiger charge is 2.03. The fraction of sp³-hybridized carbons (Fsp3) is 0.312. The first-order valence-corrected chi connectivity index (χ1v) is 8.82. The summed E-state index contributed by atoms with van der Waals surface area (Å²) in [5, 5.41) is 10.8. The summed E-state index contributed by atoms with van der Waals surface area (Å²) in [7, 11) is 1.67. The van der Waals surface area contributed by atoms with Gasteiger partial charge in [-0.15, -0.1) is 0 Å². The number of methoxy groups -OCH3 is 1. The molecule has 0 saturated carbocycles. The van der Waals surface area contributed by atoms with Crippen LogP contribution >= 0.6 is 27.3 Å². The van der Waals surface area contributed by atoms with Crippen molar-refractivity contribution < 1.29 is 4.74 Å². The second-order valence-corrected chi connectivity index (χ2v) is 6.28. The van der Waals surface area contributed by atoms with Gasteiger partial charge in [-0.3, -0.25) is 0 Å². The van der Waals surface area contributed by atoms with Crippen molar-refractivity contribution in [2.75, 3.05) is 13.7 Å². The standard InChI is InChI=1S/C16H20BrN3OS/c1-3-18-16(20-10-13-6-7-22-11-13)19-9-12-4-5-15(21-2)14(17)8-12/h4-8,11H,3,9-10H2,1-2H3,(H2,18,19,20). The lowest BCUT2D eigenvalue weighted by molar-refractivity contribution is 0.412. The van der Waals surface area contributed by atoms with Gasteiger partial charge in [-0.2, -0.15) is 11.3 Å². The Morgan fingerprint density at radius 2 is 2.14 bits per heavy atom. The van der Waals surface area contributed by atoms with Gasteiger partial charge < -0.3 is 15.4 Å². The fourth-order valence-electron chi connectivity index (χ4n) is 1.90. The molecule has 2 rings (SSSR count). The number of hydrogen-bond acceptors (Lipinski definition) is 3. The molecule has 0 amide bonds. The molecule has 1 aromatic heterocycles. The molecule has 6 heteroatoms. The van der Waals surface area contributed by atoms with Crippen LogP contribution in [0.25, 0.3) is 0 Å². The van der Waals surface area contributed by atoms with Gasteiger partial charge in [0, 0.05) is 13.1 Å². The molecular formula is C16H20BrN3OS. The Hall–Kier alpha value is -1.53. The maximum atomic E-state index is 5.24. The van der Waals surface area contributed by atoms with E-state index in [1.165, 1.54) is 5.56 Å². The summed E-state index contributed by atoms with van der Waals surface area (Å²) in [5.41, 5.74) is 2.39. The SMILES string of the molecule is CCNC(=NCc1ccsc1)NCc1ccc(OC)c(Br)c1. The summed E-state index contributed by atoms with van der Waals surface area (Å²) < 4.78 is 6.19. The minimum Gasteiger partial charge on any atom is -0.496 e. The van der Waals surface area contributed by atoms with Crippen LogP contribution in [0.15, 0.2) is 44.5 Å². The highest BCUT2D eigenvalue weighted by molar-refractivity contribution is 9.10. The monoisotopic (exact) mass is 381 g/mol. The molecule has 2 aromatic rings. The number of ether oxygens (including phenoxy) is 1. The van der Waals surface area contributed by atoms with E-state index in [0.29, 0.717) is 13.1 Å². The van der Waals surface area contributed by atoms with Crippen molar-refractivity contribution in [1.82, 2.24) is 10.6 Å². The molecule has 0 bridgehead atoms. The van der Waals surface area contributed by atoms with Gasteiger partial charge in [-0.1, -0.05) is 6.07 Å². The van der Waals surface area contributed by atoms with E-state index in [1.54, 1.807) is 18.4 Å². The Morgan fingerprint density at radius 3 is 2.77 bits per heavy atom. The zero-order valence-electron chi connectivity index (χ0n) is 12.7. The molecule has 0 aliphatic carbocycles. The number of thiophene rings is 1. The Labute approximate surface area is 143 Å². The van der Waals surface area contributed by atoms with Gasteiger partial charge >= 0.3 is 0 Å². The van der Waals surface area contributed by atoms with Crippen LogP contribution in [0.2, 0.25) is 0 Å². The van der Waals surface area contributed by atoms with Crippen LogP contribution in [0, 0.1) is 0 Å².